The molecule has 4 saturated carbocycles. The maximum atomic E-state index is 12.7. The van der Waals surface area contributed by atoms with Crippen molar-refractivity contribution in [1.82, 2.24) is 0 Å². The topological polar surface area (TPSA) is 83.8 Å². The molecule has 0 aromatic rings. The second-order valence-electron chi connectivity index (χ2n) is 9.43. The highest BCUT2D eigenvalue weighted by Crippen LogP contribution is 2.78. The molecule has 1 aliphatic heterocycles. The number of hydrogen-bond donors (Lipinski definition) is 2. The van der Waals surface area contributed by atoms with E-state index in [0.29, 0.717) is 25.9 Å². The lowest BCUT2D eigenvalue weighted by atomic mass is 9.51. The molecule has 2 N–H and O–H groups in total. The van der Waals surface area contributed by atoms with Gasteiger partial charge in [-0.25, -0.2) is 0 Å². The van der Waals surface area contributed by atoms with Gasteiger partial charge in [0.15, 0.2) is 0 Å². The van der Waals surface area contributed by atoms with Gasteiger partial charge in [0.2, 0.25) is 0 Å². The first-order valence-electron chi connectivity index (χ1n) is 9.37. The zero-order valence-electron chi connectivity index (χ0n) is 14.2. The summed E-state index contributed by atoms with van der Waals surface area (Å²) in [5.41, 5.74) is -2.93. The summed E-state index contributed by atoms with van der Waals surface area (Å²) in [5, 5.41) is 22.2. The molecule has 1 heterocycles. The van der Waals surface area contributed by atoms with Crippen molar-refractivity contribution in [1.29, 1.82) is 0 Å². The van der Waals surface area contributed by atoms with Crippen molar-refractivity contribution in [2.45, 2.75) is 57.5 Å². The van der Waals surface area contributed by atoms with Crippen LogP contribution in [0.2, 0.25) is 0 Å². The molecule has 4 bridgehead atoms. The number of aliphatic hydroxyl groups excluding tert-OH is 1. The highest BCUT2D eigenvalue weighted by atomic mass is 16.5. The van der Waals surface area contributed by atoms with Crippen molar-refractivity contribution >= 4 is 11.8 Å². The van der Waals surface area contributed by atoms with Crippen molar-refractivity contribution in [2.75, 3.05) is 13.2 Å². The second kappa shape index (κ2) is 4.24. The third kappa shape index (κ3) is 1.32. The molecule has 24 heavy (non-hydrogen) atoms. The van der Waals surface area contributed by atoms with E-state index in [1.54, 1.807) is 0 Å². The molecule has 5 fully saturated rings. The molecule has 5 heteroatoms. The van der Waals surface area contributed by atoms with Crippen LogP contribution in [-0.2, 0) is 14.3 Å². The van der Waals surface area contributed by atoms with Crippen LogP contribution in [0.25, 0.3) is 0 Å². The zero-order valence-corrected chi connectivity index (χ0v) is 14.2. The molecule has 4 aliphatic carbocycles. The number of esters is 1. The SMILES string of the molecule is C[C@]12CCC[C@@]3(COC1=O)[C@@H]1CC[C@@H]4C[C@]1(CC4=O)[C@](O)(CO)[C@@H]32. The number of rotatable bonds is 1. The zero-order chi connectivity index (χ0) is 17.0. The van der Waals surface area contributed by atoms with Gasteiger partial charge in [-0.1, -0.05) is 6.42 Å². The quantitative estimate of drug-likeness (QED) is 0.709. The van der Waals surface area contributed by atoms with Gasteiger partial charge in [-0.2, -0.15) is 0 Å². The van der Waals surface area contributed by atoms with Gasteiger partial charge < -0.3 is 14.9 Å². The Balaban J connectivity index is 1.77. The van der Waals surface area contributed by atoms with Crippen LogP contribution in [0, 0.1) is 34.0 Å². The molecule has 7 atom stereocenters. The molecule has 0 aromatic heterocycles. The summed E-state index contributed by atoms with van der Waals surface area (Å²) in [6, 6.07) is 0. The van der Waals surface area contributed by atoms with Crippen molar-refractivity contribution in [3.63, 3.8) is 0 Å². The highest BCUT2D eigenvalue weighted by Gasteiger charge is 2.82. The lowest BCUT2D eigenvalue weighted by Crippen LogP contribution is -2.63. The van der Waals surface area contributed by atoms with Crippen molar-refractivity contribution in [3.05, 3.63) is 0 Å². The van der Waals surface area contributed by atoms with Crippen LogP contribution in [0.4, 0.5) is 0 Å². The van der Waals surface area contributed by atoms with E-state index in [4.69, 9.17) is 4.74 Å². The molecule has 5 rings (SSSR count). The maximum absolute atomic E-state index is 12.7. The van der Waals surface area contributed by atoms with Crippen LogP contribution >= 0.6 is 0 Å². The number of ether oxygens (including phenoxy) is 1. The molecular formula is C19H26O5. The van der Waals surface area contributed by atoms with Gasteiger partial charge in [0.05, 0.1) is 24.2 Å². The van der Waals surface area contributed by atoms with Gasteiger partial charge in [-0.15, -0.1) is 0 Å². The predicted molar refractivity (Wildman–Crippen MR) is 83.8 cm³/mol. The Morgan fingerprint density at radius 3 is 2.79 bits per heavy atom. The Bertz CT molecular complexity index is 646. The lowest BCUT2D eigenvalue weighted by Gasteiger charge is -2.56. The van der Waals surface area contributed by atoms with Gasteiger partial charge in [0.25, 0.3) is 0 Å². The number of carbonyl (C=O) groups excluding carboxylic acids is 2. The van der Waals surface area contributed by atoms with Crippen LogP contribution in [0.1, 0.15) is 51.9 Å². The number of carbonyl (C=O) groups is 2. The average Bonchev–Trinajstić information content (AvgIpc) is 2.93. The minimum absolute atomic E-state index is 0.0279. The summed E-state index contributed by atoms with van der Waals surface area (Å²) in [7, 11) is 0. The standard InChI is InChI=1S/C19H26O5/c1-16-5-2-6-17(10-24-15(16)22)13-4-3-11-7-18(13,8-12(11)21)19(23,9-20)14(16)17/h11,13-14,20,23H,2-10H2,1H3/t11-,13+,14-,16-,17-,18-,19+/m1/s1. The van der Waals surface area contributed by atoms with Crippen LogP contribution < -0.4 is 0 Å². The van der Waals surface area contributed by atoms with E-state index < -0.39 is 16.4 Å². The Morgan fingerprint density at radius 1 is 1.25 bits per heavy atom. The maximum Gasteiger partial charge on any atom is 0.312 e. The fraction of sp³-hybridized carbons (Fsp3) is 0.895. The van der Waals surface area contributed by atoms with Crippen molar-refractivity contribution in [2.24, 2.45) is 34.0 Å². The van der Waals surface area contributed by atoms with E-state index >= 15 is 0 Å². The fourth-order valence-electron chi connectivity index (χ4n) is 8.19. The van der Waals surface area contributed by atoms with Crippen LogP contribution in [0.15, 0.2) is 0 Å². The van der Waals surface area contributed by atoms with E-state index in [1.807, 2.05) is 6.92 Å². The van der Waals surface area contributed by atoms with Crippen molar-refractivity contribution in [3.8, 4) is 0 Å². The highest BCUT2D eigenvalue weighted by molar-refractivity contribution is 5.86. The first-order valence-corrected chi connectivity index (χ1v) is 9.37. The summed E-state index contributed by atoms with van der Waals surface area (Å²) in [6.07, 6.45) is 5.40. The molecule has 132 valence electrons. The van der Waals surface area contributed by atoms with E-state index in [0.717, 1.165) is 25.7 Å². The average molecular weight is 334 g/mol. The Labute approximate surface area is 141 Å². The summed E-state index contributed by atoms with van der Waals surface area (Å²) >= 11 is 0. The van der Waals surface area contributed by atoms with Crippen molar-refractivity contribution < 1.29 is 24.5 Å². The number of ketones is 1. The summed E-state index contributed by atoms with van der Waals surface area (Å²) in [5.74, 6) is -0.0909. The molecule has 5 nitrogen and oxygen atoms in total. The van der Waals surface area contributed by atoms with E-state index in [9.17, 15) is 19.8 Å². The first-order chi connectivity index (χ1) is 11.3. The van der Waals surface area contributed by atoms with Gasteiger partial charge in [-0.05, 0) is 44.9 Å². The minimum Gasteiger partial charge on any atom is -0.465 e. The largest absolute Gasteiger partial charge is 0.465 e. The Hall–Kier alpha value is -0.940. The van der Waals surface area contributed by atoms with E-state index in [2.05, 4.69) is 0 Å². The predicted octanol–water partition coefficient (Wildman–Crippen LogP) is 1.45. The monoisotopic (exact) mass is 334 g/mol. The summed E-state index contributed by atoms with van der Waals surface area (Å²) in [6.45, 7) is 1.90. The molecule has 0 aromatic carbocycles. The number of cyclic esters (lactones) is 1. The molecule has 0 amide bonds. The summed E-state index contributed by atoms with van der Waals surface area (Å²) in [4.78, 5) is 25.2. The molecule has 5 aliphatic rings. The third-order valence-electron chi connectivity index (χ3n) is 8.79. The van der Waals surface area contributed by atoms with Gasteiger partial charge >= 0.3 is 5.97 Å². The number of Topliss-reactive ketones (excluding diaryl/α,β-unsaturated/α-hetero) is 1. The minimum atomic E-state index is -1.35. The number of aliphatic hydroxyl groups is 2. The first kappa shape index (κ1) is 15.3. The number of fused-ring (bicyclic) bond motifs is 1. The molecular weight excluding hydrogens is 308 g/mol. The number of hydrogen-bond acceptors (Lipinski definition) is 5. The van der Waals surface area contributed by atoms with Crippen LogP contribution in [0.5, 0.6) is 0 Å². The second-order valence-corrected chi connectivity index (χ2v) is 9.43. The fourth-order valence-corrected chi connectivity index (χ4v) is 8.19. The Kier molecular flexibility index (Phi) is 2.70. The normalized spacial score (nSPS) is 58.2. The smallest absolute Gasteiger partial charge is 0.312 e. The van der Waals surface area contributed by atoms with E-state index in [-0.39, 0.29) is 41.5 Å². The molecule has 1 saturated heterocycles. The van der Waals surface area contributed by atoms with Gasteiger partial charge in [0, 0.05) is 29.1 Å². The molecule has 0 unspecified atom stereocenters. The van der Waals surface area contributed by atoms with Gasteiger partial charge in [-0.3, -0.25) is 9.59 Å². The summed E-state index contributed by atoms with van der Waals surface area (Å²) < 4.78 is 5.65. The molecule has 1 spiro atoms. The van der Waals surface area contributed by atoms with Crippen LogP contribution in [-0.4, -0.2) is 40.8 Å². The van der Waals surface area contributed by atoms with Crippen LogP contribution in [0.3, 0.4) is 0 Å². The van der Waals surface area contributed by atoms with E-state index in [1.165, 1.54) is 0 Å². The Morgan fingerprint density at radius 2 is 2.04 bits per heavy atom. The molecule has 0 radical (unpaired) electrons. The van der Waals surface area contributed by atoms with Gasteiger partial charge in [0.1, 0.15) is 5.78 Å². The third-order valence-corrected chi connectivity index (χ3v) is 8.79. The lowest BCUT2D eigenvalue weighted by molar-refractivity contribution is -0.221.